The predicted molar refractivity (Wildman–Crippen MR) is 85.6 cm³/mol. The summed E-state index contributed by atoms with van der Waals surface area (Å²) >= 11 is 0. The molecule has 0 aromatic carbocycles. The Hall–Kier alpha value is -1.61. The standard InChI is InChI=1S/C16H25F3N4O2/c1-23-11-10-22-14(23)15(25,16(17,18)19)6-9-21-13(24)3-2-12-4-7-20-8-5-12/h10-12,20,25H,2-9H2,1H3,(H,21,24)/t15-/m1/s1. The van der Waals surface area contributed by atoms with Crippen LogP contribution in [0.5, 0.6) is 0 Å². The van der Waals surface area contributed by atoms with Gasteiger partial charge >= 0.3 is 6.18 Å². The van der Waals surface area contributed by atoms with Gasteiger partial charge in [0.05, 0.1) is 0 Å². The van der Waals surface area contributed by atoms with Crippen molar-refractivity contribution in [1.29, 1.82) is 0 Å². The molecule has 2 rings (SSSR count). The maximum absolute atomic E-state index is 13.3. The Kier molecular flexibility index (Phi) is 6.45. The van der Waals surface area contributed by atoms with E-state index in [1.54, 1.807) is 0 Å². The molecule has 1 aliphatic heterocycles. The Morgan fingerprint density at radius 2 is 2.12 bits per heavy atom. The van der Waals surface area contributed by atoms with Crippen molar-refractivity contribution in [2.24, 2.45) is 13.0 Å². The quantitative estimate of drug-likeness (QED) is 0.686. The Labute approximate surface area is 144 Å². The Balaban J connectivity index is 1.84. The lowest BCUT2D eigenvalue weighted by molar-refractivity contribution is -0.272. The van der Waals surface area contributed by atoms with Crippen LogP contribution in [0.1, 0.15) is 37.9 Å². The SMILES string of the molecule is Cn1ccnc1[C@](O)(CCNC(=O)CCC1CCNCC1)C(F)(F)F. The number of carbonyl (C=O) groups excluding carboxylic acids is 1. The lowest BCUT2D eigenvalue weighted by Crippen LogP contribution is -2.46. The second-order valence-electron chi connectivity index (χ2n) is 6.55. The van der Waals surface area contributed by atoms with Crippen molar-refractivity contribution in [3.8, 4) is 0 Å². The maximum Gasteiger partial charge on any atom is 0.424 e. The number of nitrogens with zero attached hydrogens (tertiary/aromatic N) is 2. The molecule has 0 bridgehead atoms. The van der Waals surface area contributed by atoms with E-state index in [2.05, 4.69) is 15.6 Å². The van der Waals surface area contributed by atoms with E-state index in [9.17, 15) is 23.1 Å². The Morgan fingerprint density at radius 1 is 1.44 bits per heavy atom. The fourth-order valence-electron chi connectivity index (χ4n) is 3.12. The molecule has 25 heavy (non-hydrogen) atoms. The van der Waals surface area contributed by atoms with Gasteiger partial charge in [-0.1, -0.05) is 0 Å². The minimum Gasteiger partial charge on any atom is -0.374 e. The number of piperidine rings is 1. The highest BCUT2D eigenvalue weighted by atomic mass is 19.4. The molecule has 0 unspecified atom stereocenters. The molecule has 0 aliphatic carbocycles. The highest BCUT2D eigenvalue weighted by Gasteiger charge is 2.57. The zero-order valence-electron chi connectivity index (χ0n) is 14.3. The summed E-state index contributed by atoms with van der Waals surface area (Å²) < 4.78 is 41.2. The van der Waals surface area contributed by atoms with Crippen LogP contribution < -0.4 is 10.6 Å². The zero-order valence-corrected chi connectivity index (χ0v) is 14.3. The van der Waals surface area contributed by atoms with Gasteiger partial charge < -0.3 is 20.3 Å². The van der Waals surface area contributed by atoms with E-state index >= 15 is 0 Å². The third-order valence-corrected chi connectivity index (χ3v) is 4.71. The number of rotatable bonds is 7. The van der Waals surface area contributed by atoms with E-state index in [1.807, 2.05) is 0 Å². The number of aliphatic hydroxyl groups is 1. The minimum absolute atomic E-state index is 0.270. The topological polar surface area (TPSA) is 79.2 Å². The zero-order chi connectivity index (χ0) is 18.5. The summed E-state index contributed by atoms with van der Waals surface area (Å²) in [6.07, 6.45) is 0.0220. The predicted octanol–water partition coefficient (Wildman–Crippen LogP) is 1.46. The maximum atomic E-state index is 13.3. The number of halogens is 3. The van der Waals surface area contributed by atoms with Crippen LogP contribution in [-0.2, 0) is 17.4 Å². The number of nitrogens with one attached hydrogen (secondary N) is 2. The van der Waals surface area contributed by atoms with Crippen LogP contribution in [0.4, 0.5) is 13.2 Å². The van der Waals surface area contributed by atoms with Gasteiger partial charge in [0.25, 0.3) is 0 Å². The molecule has 0 spiro atoms. The summed E-state index contributed by atoms with van der Waals surface area (Å²) in [4.78, 5) is 15.5. The van der Waals surface area contributed by atoms with Crippen LogP contribution in [0.3, 0.4) is 0 Å². The van der Waals surface area contributed by atoms with E-state index in [1.165, 1.54) is 19.4 Å². The molecule has 1 amide bonds. The summed E-state index contributed by atoms with van der Waals surface area (Å²) in [5.74, 6) is -0.293. The van der Waals surface area contributed by atoms with Gasteiger partial charge in [0.2, 0.25) is 11.5 Å². The molecule has 3 N–H and O–H groups in total. The van der Waals surface area contributed by atoms with Gasteiger partial charge in [-0.25, -0.2) is 4.98 Å². The number of carbonyl (C=O) groups is 1. The number of alkyl halides is 3. The van der Waals surface area contributed by atoms with E-state index < -0.39 is 24.0 Å². The second kappa shape index (κ2) is 8.18. The van der Waals surface area contributed by atoms with Crippen molar-refractivity contribution < 1.29 is 23.1 Å². The van der Waals surface area contributed by atoms with Crippen molar-refractivity contribution >= 4 is 5.91 Å². The largest absolute Gasteiger partial charge is 0.424 e. The average Bonchev–Trinajstić information content (AvgIpc) is 2.99. The molecule has 1 aliphatic rings. The van der Waals surface area contributed by atoms with Crippen LogP contribution in [0.2, 0.25) is 0 Å². The van der Waals surface area contributed by atoms with Crippen molar-refractivity contribution in [2.75, 3.05) is 19.6 Å². The molecule has 6 nitrogen and oxygen atoms in total. The molecule has 2 heterocycles. The van der Waals surface area contributed by atoms with Crippen LogP contribution in [-0.4, -0.2) is 46.4 Å². The van der Waals surface area contributed by atoms with Gasteiger partial charge in [0, 0.05) is 38.8 Å². The third-order valence-electron chi connectivity index (χ3n) is 4.71. The number of aryl methyl sites for hydroxylation is 1. The van der Waals surface area contributed by atoms with Crippen LogP contribution >= 0.6 is 0 Å². The van der Waals surface area contributed by atoms with Gasteiger partial charge in [-0.05, 0) is 38.3 Å². The molecule has 1 aromatic heterocycles. The van der Waals surface area contributed by atoms with Gasteiger partial charge in [-0.3, -0.25) is 4.79 Å². The first-order valence-electron chi connectivity index (χ1n) is 8.48. The summed E-state index contributed by atoms with van der Waals surface area (Å²) in [5, 5.41) is 15.9. The smallest absolute Gasteiger partial charge is 0.374 e. The number of hydrogen-bond donors (Lipinski definition) is 3. The second-order valence-corrected chi connectivity index (χ2v) is 6.55. The highest BCUT2D eigenvalue weighted by molar-refractivity contribution is 5.75. The van der Waals surface area contributed by atoms with Crippen molar-refractivity contribution in [2.45, 2.75) is 43.9 Å². The van der Waals surface area contributed by atoms with E-state index in [4.69, 9.17) is 0 Å². The minimum atomic E-state index is -4.88. The highest BCUT2D eigenvalue weighted by Crippen LogP contribution is 2.40. The molecule has 0 saturated carbocycles. The Bertz CT molecular complexity index is 570. The number of hydrogen-bond acceptors (Lipinski definition) is 4. The van der Waals surface area contributed by atoms with Crippen molar-refractivity contribution in [1.82, 2.24) is 20.2 Å². The van der Waals surface area contributed by atoms with Crippen LogP contribution in [0.15, 0.2) is 12.4 Å². The fourth-order valence-corrected chi connectivity index (χ4v) is 3.12. The molecular weight excluding hydrogens is 337 g/mol. The number of amides is 1. The van der Waals surface area contributed by atoms with Crippen LogP contribution in [0, 0.1) is 5.92 Å². The number of aromatic nitrogens is 2. The Morgan fingerprint density at radius 3 is 2.68 bits per heavy atom. The fraction of sp³-hybridized carbons (Fsp3) is 0.750. The summed E-state index contributed by atoms with van der Waals surface area (Å²) in [6.45, 7) is 1.61. The number of imidazole rings is 1. The van der Waals surface area contributed by atoms with E-state index in [-0.39, 0.29) is 18.9 Å². The lowest BCUT2D eigenvalue weighted by atomic mass is 9.93. The lowest BCUT2D eigenvalue weighted by Gasteiger charge is -2.30. The monoisotopic (exact) mass is 362 g/mol. The first-order chi connectivity index (χ1) is 11.7. The first-order valence-corrected chi connectivity index (χ1v) is 8.48. The van der Waals surface area contributed by atoms with E-state index in [0.29, 0.717) is 5.92 Å². The van der Waals surface area contributed by atoms with Gasteiger partial charge in [-0.15, -0.1) is 0 Å². The van der Waals surface area contributed by atoms with Gasteiger partial charge in [0.1, 0.15) is 5.82 Å². The average molecular weight is 362 g/mol. The molecule has 9 heteroatoms. The molecule has 0 radical (unpaired) electrons. The normalized spacial score (nSPS) is 18.8. The van der Waals surface area contributed by atoms with Crippen molar-refractivity contribution in [3.05, 3.63) is 18.2 Å². The third kappa shape index (κ3) is 4.94. The molecule has 1 aromatic rings. The molecule has 1 fully saturated rings. The van der Waals surface area contributed by atoms with Gasteiger partial charge in [-0.2, -0.15) is 13.2 Å². The molecular formula is C16H25F3N4O2. The summed E-state index contributed by atoms with van der Waals surface area (Å²) in [5.41, 5.74) is -3.09. The first kappa shape index (κ1) is 19.7. The van der Waals surface area contributed by atoms with Gasteiger partial charge in [0.15, 0.2) is 0 Å². The van der Waals surface area contributed by atoms with E-state index in [0.717, 1.165) is 36.9 Å². The molecule has 1 saturated heterocycles. The van der Waals surface area contributed by atoms with Crippen LogP contribution in [0.25, 0.3) is 0 Å². The molecule has 1 atom stereocenters. The van der Waals surface area contributed by atoms with Crippen molar-refractivity contribution in [3.63, 3.8) is 0 Å². The summed E-state index contributed by atoms with van der Waals surface area (Å²) in [7, 11) is 1.39. The molecule has 142 valence electrons. The summed E-state index contributed by atoms with van der Waals surface area (Å²) in [6, 6.07) is 0.